The van der Waals surface area contributed by atoms with Crippen molar-refractivity contribution in [1.82, 2.24) is 20.3 Å². The molecule has 1 aromatic heterocycles. The van der Waals surface area contributed by atoms with Gasteiger partial charge in [-0.25, -0.2) is 0 Å². The maximum atomic E-state index is 11.4. The Labute approximate surface area is 106 Å². The van der Waals surface area contributed by atoms with Gasteiger partial charge in [0, 0.05) is 20.1 Å². The lowest BCUT2D eigenvalue weighted by Crippen LogP contribution is -2.35. The molecule has 1 heterocycles. The van der Waals surface area contributed by atoms with E-state index in [4.69, 9.17) is 5.73 Å². The number of carbonyl (C=O) groups excluding carboxylic acids is 1. The Morgan fingerprint density at radius 2 is 2.00 bits per heavy atom. The number of nitrogens with one attached hydrogen (secondary N) is 2. The number of nitrogen functional groups attached to an aromatic ring is 1. The summed E-state index contributed by atoms with van der Waals surface area (Å²) in [7, 11) is 3.59. The van der Waals surface area contributed by atoms with Gasteiger partial charge >= 0.3 is 0 Å². The van der Waals surface area contributed by atoms with Crippen LogP contribution in [0, 0.1) is 0 Å². The highest BCUT2D eigenvalue weighted by Gasteiger charge is 2.08. The molecule has 0 radical (unpaired) electrons. The van der Waals surface area contributed by atoms with Crippen LogP contribution < -0.4 is 21.3 Å². The van der Waals surface area contributed by atoms with Gasteiger partial charge in [-0.05, 0) is 13.8 Å². The van der Waals surface area contributed by atoms with E-state index in [0.717, 1.165) is 0 Å². The third-order valence-corrected chi connectivity index (χ3v) is 1.90. The van der Waals surface area contributed by atoms with Crippen LogP contribution in [0.2, 0.25) is 0 Å². The van der Waals surface area contributed by atoms with Gasteiger partial charge in [-0.3, -0.25) is 4.79 Å². The van der Waals surface area contributed by atoms with Crippen molar-refractivity contribution in [2.45, 2.75) is 19.9 Å². The van der Waals surface area contributed by atoms with Gasteiger partial charge in [0.2, 0.25) is 23.8 Å². The van der Waals surface area contributed by atoms with Crippen molar-refractivity contribution in [2.75, 3.05) is 36.6 Å². The highest BCUT2D eigenvalue weighted by molar-refractivity contribution is 5.80. The van der Waals surface area contributed by atoms with E-state index in [0.29, 0.717) is 5.95 Å². The SMILES string of the molecule is CC(C)NC(=O)CNc1nc(N)nc(N(C)C)n1. The first-order valence-corrected chi connectivity index (χ1v) is 5.60. The van der Waals surface area contributed by atoms with E-state index in [2.05, 4.69) is 25.6 Å². The van der Waals surface area contributed by atoms with Gasteiger partial charge in [-0.2, -0.15) is 15.0 Å². The second-order valence-electron chi connectivity index (χ2n) is 4.29. The molecular formula is C10H19N7O. The maximum Gasteiger partial charge on any atom is 0.239 e. The van der Waals surface area contributed by atoms with Gasteiger partial charge in [0.15, 0.2) is 0 Å². The maximum absolute atomic E-state index is 11.4. The molecule has 0 fully saturated rings. The highest BCUT2D eigenvalue weighted by atomic mass is 16.1. The molecule has 100 valence electrons. The van der Waals surface area contributed by atoms with Gasteiger partial charge in [-0.1, -0.05) is 0 Å². The van der Waals surface area contributed by atoms with E-state index in [1.54, 1.807) is 19.0 Å². The first-order valence-electron chi connectivity index (χ1n) is 5.60. The van der Waals surface area contributed by atoms with Gasteiger partial charge < -0.3 is 21.3 Å². The minimum atomic E-state index is -0.129. The fourth-order valence-electron chi connectivity index (χ4n) is 1.19. The summed E-state index contributed by atoms with van der Waals surface area (Å²) >= 11 is 0. The smallest absolute Gasteiger partial charge is 0.239 e. The van der Waals surface area contributed by atoms with E-state index in [1.807, 2.05) is 13.8 Å². The predicted octanol–water partition coefficient (Wildman–Crippen LogP) is -0.544. The molecule has 18 heavy (non-hydrogen) atoms. The molecule has 0 saturated heterocycles. The fraction of sp³-hybridized carbons (Fsp3) is 0.600. The van der Waals surface area contributed by atoms with Crippen molar-refractivity contribution in [2.24, 2.45) is 0 Å². The Bertz CT molecular complexity index is 419. The molecule has 1 rings (SSSR count). The Hall–Kier alpha value is -2.12. The van der Waals surface area contributed by atoms with Crippen molar-refractivity contribution in [3.63, 3.8) is 0 Å². The zero-order valence-corrected chi connectivity index (χ0v) is 11.1. The molecule has 0 aliphatic heterocycles. The van der Waals surface area contributed by atoms with Crippen LogP contribution >= 0.6 is 0 Å². The minimum absolute atomic E-state index is 0.0918. The standard InChI is InChI=1S/C10H19N7O/c1-6(2)13-7(18)5-12-9-14-8(11)15-10(16-9)17(3)4/h6H,5H2,1-4H3,(H,13,18)(H3,11,12,14,15,16). The highest BCUT2D eigenvalue weighted by Crippen LogP contribution is 2.08. The van der Waals surface area contributed by atoms with Gasteiger partial charge in [0.05, 0.1) is 6.54 Å². The van der Waals surface area contributed by atoms with Crippen LogP contribution in [0.15, 0.2) is 0 Å². The summed E-state index contributed by atoms with van der Waals surface area (Å²) in [5.41, 5.74) is 5.55. The number of amides is 1. The third kappa shape index (κ3) is 4.40. The molecule has 8 nitrogen and oxygen atoms in total. The van der Waals surface area contributed by atoms with Crippen LogP contribution in [0.25, 0.3) is 0 Å². The van der Waals surface area contributed by atoms with Crippen LogP contribution in [0.3, 0.4) is 0 Å². The Morgan fingerprint density at radius 3 is 2.56 bits per heavy atom. The molecule has 0 aliphatic rings. The average Bonchev–Trinajstić information content (AvgIpc) is 2.24. The van der Waals surface area contributed by atoms with Crippen molar-refractivity contribution >= 4 is 23.8 Å². The summed E-state index contributed by atoms with van der Waals surface area (Å²) in [5, 5.41) is 5.56. The second-order valence-corrected chi connectivity index (χ2v) is 4.29. The molecule has 0 saturated carbocycles. The Morgan fingerprint density at radius 1 is 1.33 bits per heavy atom. The zero-order valence-electron chi connectivity index (χ0n) is 11.1. The molecule has 1 amide bonds. The van der Waals surface area contributed by atoms with E-state index < -0.39 is 0 Å². The molecule has 0 atom stereocenters. The Kier molecular flexibility index (Phi) is 4.64. The van der Waals surface area contributed by atoms with Crippen LogP contribution in [0.1, 0.15) is 13.8 Å². The predicted molar refractivity (Wildman–Crippen MR) is 70.3 cm³/mol. The summed E-state index contributed by atoms with van der Waals surface area (Å²) in [4.78, 5) is 25.1. The molecule has 0 unspecified atom stereocenters. The molecule has 1 aromatic rings. The van der Waals surface area contributed by atoms with E-state index in [-0.39, 0.29) is 30.4 Å². The molecule has 4 N–H and O–H groups in total. The summed E-state index contributed by atoms with van der Waals surface area (Å²) in [5.74, 6) is 0.704. The lowest BCUT2D eigenvalue weighted by molar-refractivity contribution is -0.119. The number of carbonyl (C=O) groups is 1. The summed E-state index contributed by atoms with van der Waals surface area (Å²) in [6.45, 7) is 3.88. The largest absolute Gasteiger partial charge is 0.368 e. The topological polar surface area (TPSA) is 109 Å². The number of rotatable bonds is 5. The molecular weight excluding hydrogens is 234 g/mol. The number of nitrogens with two attached hydrogens (primary N) is 1. The van der Waals surface area contributed by atoms with Crippen LogP contribution in [-0.2, 0) is 4.79 Å². The number of aromatic nitrogens is 3. The van der Waals surface area contributed by atoms with Gasteiger partial charge in [0.25, 0.3) is 0 Å². The average molecular weight is 253 g/mol. The van der Waals surface area contributed by atoms with E-state index in [9.17, 15) is 4.79 Å². The van der Waals surface area contributed by atoms with Crippen LogP contribution in [0.4, 0.5) is 17.8 Å². The first-order chi connectivity index (χ1) is 8.38. The van der Waals surface area contributed by atoms with Crippen molar-refractivity contribution in [3.05, 3.63) is 0 Å². The second kappa shape index (κ2) is 5.99. The van der Waals surface area contributed by atoms with Gasteiger partial charge in [0.1, 0.15) is 0 Å². The monoisotopic (exact) mass is 253 g/mol. The number of hydrogen-bond donors (Lipinski definition) is 3. The van der Waals surface area contributed by atoms with Gasteiger partial charge in [-0.15, -0.1) is 0 Å². The van der Waals surface area contributed by atoms with E-state index in [1.165, 1.54) is 0 Å². The third-order valence-electron chi connectivity index (χ3n) is 1.90. The van der Waals surface area contributed by atoms with Crippen LogP contribution in [-0.4, -0.2) is 47.5 Å². The van der Waals surface area contributed by atoms with Crippen LogP contribution in [0.5, 0.6) is 0 Å². The quantitative estimate of drug-likeness (QED) is 0.646. The van der Waals surface area contributed by atoms with Crippen molar-refractivity contribution < 1.29 is 4.79 Å². The molecule has 8 heteroatoms. The minimum Gasteiger partial charge on any atom is -0.368 e. The summed E-state index contributed by atoms with van der Waals surface area (Å²) in [6.07, 6.45) is 0. The Balaban J connectivity index is 2.64. The van der Waals surface area contributed by atoms with E-state index >= 15 is 0 Å². The molecule has 0 spiro atoms. The lowest BCUT2D eigenvalue weighted by atomic mass is 10.4. The lowest BCUT2D eigenvalue weighted by Gasteiger charge is -2.12. The summed E-state index contributed by atoms with van der Waals surface area (Å²) in [6, 6.07) is 0.0973. The fourth-order valence-corrected chi connectivity index (χ4v) is 1.19. The molecule has 0 aliphatic carbocycles. The first kappa shape index (κ1) is 13.9. The van der Waals surface area contributed by atoms with Crippen molar-refractivity contribution in [1.29, 1.82) is 0 Å². The van der Waals surface area contributed by atoms with Crippen molar-refractivity contribution in [3.8, 4) is 0 Å². The number of nitrogens with zero attached hydrogens (tertiary/aromatic N) is 4. The number of hydrogen-bond acceptors (Lipinski definition) is 7. The molecule has 0 bridgehead atoms. The normalized spacial score (nSPS) is 10.3. The molecule has 0 aromatic carbocycles. The summed E-state index contributed by atoms with van der Waals surface area (Å²) < 4.78 is 0. The number of anilines is 3. The zero-order chi connectivity index (χ0) is 13.7.